The summed E-state index contributed by atoms with van der Waals surface area (Å²) in [6.07, 6.45) is 2.57. The number of rotatable bonds is 4. The molecule has 0 bridgehead atoms. The average Bonchev–Trinajstić information content (AvgIpc) is 3.05. The fourth-order valence-corrected chi connectivity index (χ4v) is 2.27. The summed E-state index contributed by atoms with van der Waals surface area (Å²) >= 11 is 0. The van der Waals surface area contributed by atoms with E-state index in [0.717, 1.165) is 12.2 Å². The standard InChI is InChI=1S/C15H15NO2/c17-15(16-10-12-7-4-8-18-12)14-9-13(14)11-5-2-1-3-6-11/h1-8,13-14H,9-10H2,(H,16,17). The number of carbonyl (C=O) groups is 1. The van der Waals surface area contributed by atoms with Gasteiger partial charge in [-0.05, 0) is 30.0 Å². The number of hydrogen-bond acceptors (Lipinski definition) is 2. The molecule has 92 valence electrons. The second-order valence-electron chi connectivity index (χ2n) is 4.66. The Balaban J connectivity index is 1.53. The lowest BCUT2D eigenvalue weighted by Crippen LogP contribution is -2.24. The topological polar surface area (TPSA) is 42.2 Å². The minimum atomic E-state index is 0.125. The Morgan fingerprint density at radius 2 is 2.06 bits per heavy atom. The van der Waals surface area contributed by atoms with Crippen LogP contribution in [-0.4, -0.2) is 5.91 Å². The van der Waals surface area contributed by atoms with Crippen molar-refractivity contribution in [1.29, 1.82) is 0 Å². The SMILES string of the molecule is O=C(NCc1ccco1)C1CC1c1ccccc1. The van der Waals surface area contributed by atoms with Gasteiger partial charge in [-0.2, -0.15) is 0 Å². The first kappa shape index (κ1) is 11.1. The van der Waals surface area contributed by atoms with E-state index in [4.69, 9.17) is 4.42 Å². The van der Waals surface area contributed by atoms with Crippen molar-refractivity contribution in [2.24, 2.45) is 5.92 Å². The summed E-state index contributed by atoms with van der Waals surface area (Å²) in [6.45, 7) is 0.476. The molecule has 1 amide bonds. The predicted molar refractivity (Wildman–Crippen MR) is 67.8 cm³/mol. The zero-order valence-electron chi connectivity index (χ0n) is 10.0. The summed E-state index contributed by atoms with van der Waals surface area (Å²) in [4.78, 5) is 11.9. The highest BCUT2D eigenvalue weighted by Gasteiger charge is 2.43. The van der Waals surface area contributed by atoms with Gasteiger partial charge in [-0.25, -0.2) is 0 Å². The number of hydrogen-bond donors (Lipinski definition) is 1. The maximum atomic E-state index is 11.9. The van der Waals surface area contributed by atoms with E-state index in [0.29, 0.717) is 12.5 Å². The van der Waals surface area contributed by atoms with Crippen LogP contribution in [0.5, 0.6) is 0 Å². The second kappa shape index (κ2) is 4.69. The Morgan fingerprint density at radius 3 is 2.78 bits per heavy atom. The largest absolute Gasteiger partial charge is 0.467 e. The summed E-state index contributed by atoms with van der Waals surface area (Å²) in [7, 11) is 0. The molecule has 0 aliphatic heterocycles. The van der Waals surface area contributed by atoms with E-state index < -0.39 is 0 Å². The molecule has 0 saturated heterocycles. The first-order chi connectivity index (χ1) is 8.84. The molecule has 3 nitrogen and oxygen atoms in total. The van der Waals surface area contributed by atoms with E-state index in [1.807, 2.05) is 30.3 Å². The summed E-state index contributed by atoms with van der Waals surface area (Å²) < 4.78 is 5.18. The van der Waals surface area contributed by atoms with E-state index in [2.05, 4.69) is 17.4 Å². The van der Waals surface area contributed by atoms with Crippen LogP contribution in [0.2, 0.25) is 0 Å². The number of carbonyl (C=O) groups excluding carboxylic acids is 1. The Hall–Kier alpha value is -2.03. The number of amides is 1. The van der Waals surface area contributed by atoms with Gasteiger partial charge in [-0.3, -0.25) is 4.79 Å². The molecule has 1 fully saturated rings. The molecule has 1 aliphatic carbocycles. The first-order valence-electron chi connectivity index (χ1n) is 6.19. The minimum absolute atomic E-state index is 0.125. The Morgan fingerprint density at radius 1 is 1.22 bits per heavy atom. The van der Waals surface area contributed by atoms with Crippen LogP contribution in [0.25, 0.3) is 0 Å². The lowest BCUT2D eigenvalue weighted by molar-refractivity contribution is -0.122. The van der Waals surface area contributed by atoms with Gasteiger partial charge >= 0.3 is 0 Å². The zero-order valence-corrected chi connectivity index (χ0v) is 10.0. The molecule has 1 N–H and O–H groups in total. The fraction of sp³-hybridized carbons (Fsp3) is 0.267. The number of benzene rings is 1. The summed E-state index contributed by atoms with van der Waals surface area (Å²) in [5.74, 6) is 1.44. The molecule has 1 heterocycles. The van der Waals surface area contributed by atoms with Crippen LogP contribution in [-0.2, 0) is 11.3 Å². The van der Waals surface area contributed by atoms with Gasteiger partial charge < -0.3 is 9.73 Å². The molecule has 1 aromatic carbocycles. The number of nitrogens with one attached hydrogen (secondary N) is 1. The van der Waals surface area contributed by atoms with Gasteiger partial charge in [-0.1, -0.05) is 30.3 Å². The van der Waals surface area contributed by atoms with Crippen molar-refractivity contribution in [2.45, 2.75) is 18.9 Å². The third kappa shape index (κ3) is 2.30. The van der Waals surface area contributed by atoms with Crippen molar-refractivity contribution in [2.75, 3.05) is 0 Å². The van der Waals surface area contributed by atoms with Crippen LogP contribution in [0.15, 0.2) is 53.1 Å². The van der Waals surface area contributed by atoms with Gasteiger partial charge in [0.1, 0.15) is 5.76 Å². The van der Waals surface area contributed by atoms with Gasteiger partial charge in [-0.15, -0.1) is 0 Å². The Labute approximate surface area is 106 Å². The normalized spacial score (nSPS) is 21.6. The van der Waals surface area contributed by atoms with Crippen LogP contribution in [0.1, 0.15) is 23.7 Å². The lowest BCUT2D eigenvalue weighted by Gasteiger charge is -2.03. The highest BCUT2D eigenvalue weighted by atomic mass is 16.3. The molecule has 3 rings (SSSR count). The summed E-state index contributed by atoms with van der Waals surface area (Å²) in [5.41, 5.74) is 1.26. The van der Waals surface area contributed by atoms with E-state index in [-0.39, 0.29) is 11.8 Å². The molecular formula is C15H15NO2. The highest BCUT2D eigenvalue weighted by molar-refractivity contribution is 5.82. The molecule has 2 aromatic rings. The van der Waals surface area contributed by atoms with Gasteiger partial charge in [0.2, 0.25) is 5.91 Å². The van der Waals surface area contributed by atoms with E-state index >= 15 is 0 Å². The predicted octanol–water partition coefficient (Wildman–Crippen LogP) is 2.70. The second-order valence-corrected chi connectivity index (χ2v) is 4.66. The van der Waals surface area contributed by atoms with Crippen LogP contribution in [0.3, 0.4) is 0 Å². The molecule has 1 saturated carbocycles. The van der Waals surface area contributed by atoms with Crippen LogP contribution >= 0.6 is 0 Å². The van der Waals surface area contributed by atoms with Gasteiger partial charge in [0.15, 0.2) is 0 Å². The molecule has 0 spiro atoms. The summed E-state index contributed by atoms with van der Waals surface area (Å²) in [6, 6.07) is 13.9. The summed E-state index contributed by atoms with van der Waals surface area (Å²) in [5, 5.41) is 2.91. The monoisotopic (exact) mass is 241 g/mol. The third-order valence-corrected chi connectivity index (χ3v) is 3.37. The Bertz CT molecular complexity index is 519. The number of furan rings is 1. The van der Waals surface area contributed by atoms with Crippen molar-refractivity contribution in [3.63, 3.8) is 0 Å². The molecule has 2 unspecified atom stereocenters. The van der Waals surface area contributed by atoms with E-state index in [1.165, 1.54) is 5.56 Å². The minimum Gasteiger partial charge on any atom is -0.467 e. The molecule has 2 atom stereocenters. The smallest absolute Gasteiger partial charge is 0.224 e. The van der Waals surface area contributed by atoms with Crippen molar-refractivity contribution in [3.05, 3.63) is 60.1 Å². The Kier molecular flexibility index (Phi) is 2.89. The van der Waals surface area contributed by atoms with Crippen molar-refractivity contribution in [3.8, 4) is 0 Å². The average molecular weight is 241 g/mol. The van der Waals surface area contributed by atoms with E-state index in [9.17, 15) is 4.79 Å². The molecule has 1 aromatic heterocycles. The van der Waals surface area contributed by atoms with Crippen LogP contribution in [0, 0.1) is 5.92 Å². The van der Waals surface area contributed by atoms with Crippen LogP contribution in [0.4, 0.5) is 0 Å². The quantitative estimate of drug-likeness (QED) is 0.894. The zero-order chi connectivity index (χ0) is 12.4. The molecule has 1 aliphatic rings. The third-order valence-electron chi connectivity index (χ3n) is 3.37. The van der Waals surface area contributed by atoms with Gasteiger partial charge in [0.05, 0.1) is 12.8 Å². The fourth-order valence-electron chi connectivity index (χ4n) is 2.27. The molecule has 3 heteroatoms. The van der Waals surface area contributed by atoms with Gasteiger partial charge in [0, 0.05) is 5.92 Å². The van der Waals surface area contributed by atoms with Crippen molar-refractivity contribution >= 4 is 5.91 Å². The maximum Gasteiger partial charge on any atom is 0.224 e. The van der Waals surface area contributed by atoms with Gasteiger partial charge in [0.25, 0.3) is 0 Å². The maximum absolute atomic E-state index is 11.9. The van der Waals surface area contributed by atoms with E-state index in [1.54, 1.807) is 6.26 Å². The molecule has 18 heavy (non-hydrogen) atoms. The molecular weight excluding hydrogens is 226 g/mol. The van der Waals surface area contributed by atoms with Crippen molar-refractivity contribution < 1.29 is 9.21 Å². The van der Waals surface area contributed by atoms with Crippen molar-refractivity contribution in [1.82, 2.24) is 5.32 Å². The van der Waals surface area contributed by atoms with Crippen LogP contribution < -0.4 is 5.32 Å². The highest BCUT2D eigenvalue weighted by Crippen LogP contribution is 2.47. The lowest BCUT2D eigenvalue weighted by atomic mass is 10.1. The first-order valence-corrected chi connectivity index (χ1v) is 6.19. The molecule has 0 radical (unpaired) electrons.